The second-order valence-electron chi connectivity index (χ2n) is 5.41. The fraction of sp³-hybridized carbons (Fsp3) is 0.429. The van der Waals surface area contributed by atoms with Gasteiger partial charge in [0.1, 0.15) is 0 Å². The molecule has 5 nitrogen and oxygen atoms in total. The van der Waals surface area contributed by atoms with E-state index in [9.17, 15) is 4.79 Å². The first-order valence-electron chi connectivity index (χ1n) is 6.60. The number of aromatic nitrogens is 1. The number of rotatable bonds is 5. The zero-order valence-electron chi connectivity index (χ0n) is 12.6. The van der Waals surface area contributed by atoms with Crippen LogP contribution in [0.5, 0.6) is 0 Å². The summed E-state index contributed by atoms with van der Waals surface area (Å²) in [5.74, 6) is 0.430. The van der Waals surface area contributed by atoms with Crippen LogP contribution in [0, 0.1) is 5.92 Å². The van der Waals surface area contributed by atoms with Gasteiger partial charge in [0.2, 0.25) is 0 Å². The number of hydrogen-bond donors (Lipinski definition) is 2. The maximum Gasteiger partial charge on any atom is 0.273 e. The van der Waals surface area contributed by atoms with Gasteiger partial charge in [0.15, 0.2) is 11.5 Å². The maximum absolute atomic E-state index is 12.3. The van der Waals surface area contributed by atoms with Crippen molar-refractivity contribution in [3.8, 4) is 10.6 Å². The van der Waals surface area contributed by atoms with E-state index in [0.717, 1.165) is 4.88 Å². The van der Waals surface area contributed by atoms with E-state index in [1.54, 1.807) is 12.1 Å². The topological polar surface area (TPSA) is 81.1 Å². The summed E-state index contributed by atoms with van der Waals surface area (Å²) in [6, 6.07) is 5.20. The molecule has 0 spiro atoms. The standard InChI is InChI=1S/C14H18ClN3O2S.ClH/c1-8(2)14(3,7-16)17-13(19)9-6-10(20-18-9)11-4-5-12(15)21-11;/h4-6,8H,7,16H2,1-3H3,(H,17,19);1H. The first-order chi connectivity index (χ1) is 9.85. The van der Waals surface area contributed by atoms with E-state index in [1.165, 1.54) is 11.3 Å². The van der Waals surface area contributed by atoms with E-state index in [2.05, 4.69) is 10.5 Å². The normalized spacial score (nSPS) is 13.5. The smallest absolute Gasteiger partial charge is 0.273 e. The molecule has 22 heavy (non-hydrogen) atoms. The van der Waals surface area contributed by atoms with Gasteiger partial charge in [-0.3, -0.25) is 4.79 Å². The zero-order chi connectivity index (χ0) is 15.6. The van der Waals surface area contributed by atoms with Crippen LogP contribution >= 0.6 is 35.3 Å². The van der Waals surface area contributed by atoms with Crippen LogP contribution in [0.4, 0.5) is 0 Å². The predicted octanol–water partition coefficient (Wildman–Crippen LogP) is 3.58. The molecule has 8 heteroatoms. The number of halogens is 2. The Morgan fingerprint density at radius 3 is 2.73 bits per heavy atom. The molecule has 2 heterocycles. The molecule has 0 saturated carbocycles. The highest BCUT2D eigenvalue weighted by molar-refractivity contribution is 7.19. The number of carbonyl (C=O) groups excluding carboxylic acids is 1. The highest BCUT2D eigenvalue weighted by Gasteiger charge is 2.30. The van der Waals surface area contributed by atoms with Gasteiger partial charge >= 0.3 is 0 Å². The van der Waals surface area contributed by atoms with Gasteiger partial charge in [-0.25, -0.2) is 0 Å². The number of carbonyl (C=O) groups is 1. The van der Waals surface area contributed by atoms with Gasteiger partial charge in [-0.1, -0.05) is 30.6 Å². The van der Waals surface area contributed by atoms with Gasteiger partial charge < -0.3 is 15.6 Å². The first kappa shape index (κ1) is 19.0. The molecule has 0 bridgehead atoms. The molecule has 3 N–H and O–H groups in total. The lowest BCUT2D eigenvalue weighted by molar-refractivity contribution is 0.0874. The Balaban J connectivity index is 0.00000242. The van der Waals surface area contributed by atoms with E-state index in [-0.39, 0.29) is 29.9 Å². The third kappa shape index (κ3) is 4.01. The quantitative estimate of drug-likeness (QED) is 0.850. The summed E-state index contributed by atoms with van der Waals surface area (Å²) in [7, 11) is 0. The van der Waals surface area contributed by atoms with Gasteiger partial charge in [0, 0.05) is 12.6 Å². The van der Waals surface area contributed by atoms with Crippen LogP contribution in [0.1, 0.15) is 31.3 Å². The van der Waals surface area contributed by atoms with Crippen molar-refractivity contribution in [1.29, 1.82) is 0 Å². The van der Waals surface area contributed by atoms with Crippen LogP contribution in [0.25, 0.3) is 10.6 Å². The Labute approximate surface area is 144 Å². The molecule has 0 fully saturated rings. The van der Waals surface area contributed by atoms with Crippen molar-refractivity contribution in [2.24, 2.45) is 11.7 Å². The second-order valence-corrected chi connectivity index (χ2v) is 7.13. The van der Waals surface area contributed by atoms with Gasteiger partial charge in [0.05, 0.1) is 14.8 Å². The fourth-order valence-corrected chi connectivity index (χ4v) is 2.69. The van der Waals surface area contributed by atoms with Crippen molar-refractivity contribution >= 4 is 41.3 Å². The van der Waals surface area contributed by atoms with E-state index < -0.39 is 5.54 Å². The highest BCUT2D eigenvalue weighted by Crippen LogP contribution is 2.31. The van der Waals surface area contributed by atoms with Crippen molar-refractivity contribution in [3.05, 3.63) is 28.2 Å². The van der Waals surface area contributed by atoms with Crippen LogP contribution in [0.15, 0.2) is 22.7 Å². The largest absolute Gasteiger partial charge is 0.355 e. The number of nitrogens with one attached hydrogen (secondary N) is 1. The lowest BCUT2D eigenvalue weighted by Gasteiger charge is -2.33. The number of hydrogen-bond acceptors (Lipinski definition) is 5. The molecule has 2 rings (SSSR count). The lowest BCUT2D eigenvalue weighted by atomic mass is 9.88. The number of nitrogens with two attached hydrogens (primary N) is 1. The van der Waals surface area contributed by atoms with Crippen molar-refractivity contribution < 1.29 is 9.32 Å². The van der Waals surface area contributed by atoms with Gasteiger partial charge in [-0.15, -0.1) is 23.7 Å². The Bertz CT molecular complexity index is 642. The van der Waals surface area contributed by atoms with Crippen molar-refractivity contribution in [2.45, 2.75) is 26.3 Å². The molecule has 2 aromatic rings. The lowest BCUT2D eigenvalue weighted by Crippen LogP contribution is -2.55. The molecule has 0 aliphatic rings. The van der Waals surface area contributed by atoms with E-state index in [0.29, 0.717) is 16.6 Å². The molecular weight excluding hydrogens is 345 g/mol. The number of thiophene rings is 1. The SMILES string of the molecule is CC(C)C(C)(CN)NC(=O)c1cc(-c2ccc(Cl)s2)on1.Cl. The van der Waals surface area contributed by atoms with Crippen LogP contribution in [0.3, 0.4) is 0 Å². The van der Waals surface area contributed by atoms with Gasteiger partial charge in [0.25, 0.3) is 5.91 Å². The molecule has 1 unspecified atom stereocenters. The summed E-state index contributed by atoms with van der Waals surface area (Å²) >= 11 is 7.25. The molecule has 1 atom stereocenters. The predicted molar refractivity (Wildman–Crippen MR) is 91.8 cm³/mol. The zero-order valence-corrected chi connectivity index (χ0v) is 14.9. The molecule has 0 aliphatic heterocycles. The Hall–Kier alpha value is -1.08. The second kappa shape index (κ2) is 7.46. The molecule has 122 valence electrons. The minimum absolute atomic E-state index is 0. The Kier molecular flexibility index (Phi) is 6.43. The summed E-state index contributed by atoms with van der Waals surface area (Å²) in [6.45, 7) is 6.28. The van der Waals surface area contributed by atoms with Gasteiger partial charge in [-0.2, -0.15) is 0 Å². The van der Waals surface area contributed by atoms with Crippen LogP contribution in [-0.2, 0) is 0 Å². The molecular formula is C14H19Cl2N3O2S. The average Bonchev–Trinajstić information content (AvgIpc) is 3.06. The van der Waals surface area contributed by atoms with E-state index >= 15 is 0 Å². The Morgan fingerprint density at radius 2 is 2.23 bits per heavy atom. The summed E-state index contributed by atoms with van der Waals surface area (Å²) < 4.78 is 5.86. The highest BCUT2D eigenvalue weighted by atomic mass is 35.5. The van der Waals surface area contributed by atoms with Crippen LogP contribution in [0.2, 0.25) is 4.34 Å². The minimum atomic E-state index is -0.484. The van der Waals surface area contributed by atoms with Crippen molar-refractivity contribution in [2.75, 3.05) is 6.54 Å². The van der Waals surface area contributed by atoms with Gasteiger partial charge in [-0.05, 0) is 25.0 Å². The molecule has 0 saturated heterocycles. The van der Waals surface area contributed by atoms with Crippen molar-refractivity contribution in [1.82, 2.24) is 10.5 Å². The maximum atomic E-state index is 12.3. The monoisotopic (exact) mass is 363 g/mol. The Morgan fingerprint density at radius 1 is 1.55 bits per heavy atom. The number of amides is 1. The molecule has 0 aliphatic carbocycles. The summed E-state index contributed by atoms with van der Waals surface area (Å²) in [4.78, 5) is 13.1. The summed E-state index contributed by atoms with van der Waals surface area (Å²) in [5.41, 5.74) is 5.51. The summed E-state index contributed by atoms with van der Waals surface area (Å²) in [5, 5.41) is 6.73. The molecule has 2 aromatic heterocycles. The van der Waals surface area contributed by atoms with E-state index in [1.807, 2.05) is 26.8 Å². The third-order valence-electron chi connectivity index (χ3n) is 3.66. The third-order valence-corrected chi connectivity index (χ3v) is 4.90. The van der Waals surface area contributed by atoms with E-state index in [4.69, 9.17) is 21.9 Å². The first-order valence-corrected chi connectivity index (χ1v) is 7.80. The minimum Gasteiger partial charge on any atom is -0.355 e. The molecule has 0 aromatic carbocycles. The summed E-state index contributed by atoms with van der Waals surface area (Å²) in [6.07, 6.45) is 0. The van der Waals surface area contributed by atoms with Crippen LogP contribution < -0.4 is 11.1 Å². The van der Waals surface area contributed by atoms with Crippen LogP contribution in [-0.4, -0.2) is 23.1 Å². The molecule has 0 radical (unpaired) electrons. The molecule has 1 amide bonds. The van der Waals surface area contributed by atoms with Crippen molar-refractivity contribution in [3.63, 3.8) is 0 Å². The number of nitrogens with zero attached hydrogens (tertiary/aromatic N) is 1. The average molecular weight is 364 g/mol. The fourth-order valence-electron chi connectivity index (χ4n) is 1.70.